The van der Waals surface area contributed by atoms with E-state index in [4.69, 9.17) is 4.74 Å². The van der Waals surface area contributed by atoms with Crippen LogP contribution in [0.5, 0.6) is 5.75 Å². The minimum Gasteiger partial charge on any atom is -0.494 e. The molecule has 0 atom stereocenters. The van der Waals surface area contributed by atoms with E-state index >= 15 is 0 Å². The van der Waals surface area contributed by atoms with Gasteiger partial charge in [-0.05, 0) is 42.5 Å². The van der Waals surface area contributed by atoms with E-state index in [9.17, 15) is 4.79 Å². The third kappa shape index (κ3) is 2.71. The maximum absolute atomic E-state index is 12.7. The monoisotopic (exact) mass is 313 g/mol. The first kappa shape index (κ1) is 15.0. The molecular weight excluding hydrogens is 294 g/mol. The number of Topliss-reactive ketones (excluding diaryl/α,β-unsaturated/α-hetero) is 1. The normalized spacial score (nSPS) is 13.2. The molecule has 1 heterocycles. The van der Waals surface area contributed by atoms with Gasteiger partial charge in [0.1, 0.15) is 5.75 Å². The van der Waals surface area contributed by atoms with Crippen LogP contribution in [0.2, 0.25) is 0 Å². The molecule has 0 saturated carbocycles. The number of rotatable bonds is 5. The van der Waals surface area contributed by atoms with Gasteiger partial charge in [-0.2, -0.15) is 0 Å². The molecule has 0 fully saturated rings. The molecular formula is C18H19NO2S. The second-order valence-corrected chi connectivity index (χ2v) is 6.49. The fourth-order valence-corrected chi connectivity index (χ4v) is 3.50. The first-order valence-electron chi connectivity index (χ1n) is 7.56. The standard InChI is InChI=1S/C18H19NO2S/c1-4-21-13-6-8-14-12(9-13)5-7-15(14)17(20)18-19-16(10-22-18)11(2)3/h6-11H,4-5H2,1-3H3. The molecule has 1 aromatic carbocycles. The number of aromatic nitrogens is 1. The number of ether oxygens (including phenoxy) is 1. The number of carbonyl (C=O) groups is 1. The minimum atomic E-state index is 0.0276. The van der Waals surface area contributed by atoms with Crippen LogP contribution < -0.4 is 4.74 Å². The van der Waals surface area contributed by atoms with Gasteiger partial charge in [-0.3, -0.25) is 4.79 Å². The molecule has 0 amide bonds. The molecule has 4 heteroatoms. The second kappa shape index (κ2) is 6.05. The molecule has 3 nitrogen and oxygen atoms in total. The molecule has 2 aromatic rings. The lowest BCUT2D eigenvalue weighted by molar-refractivity contribution is 0.105. The van der Waals surface area contributed by atoms with Crippen LogP contribution in [0, 0.1) is 0 Å². The Balaban J connectivity index is 1.87. The van der Waals surface area contributed by atoms with Crippen molar-refractivity contribution in [2.75, 3.05) is 6.61 Å². The van der Waals surface area contributed by atoms with Crippen molar-refractivity contribution >= 4 is 22.7 Å². The van der Waals surface area contributed by atoms with E-state index in [-0.39, 0.29) is 5.78 Å². The zero-order valence-electron chi connectivity index (χ0n) is 13.1. The van der Waals surface area contributed by atoms with Crippen LogP contribution >= 0.6 is 11.3 Å². The Hall–Kier alpha value is -1.94. The summed E-state index contributed by atoms with van der Waals surface area (Å²) < 4.78 is 5.52. The molecule has 1 aliphatic rings. The Morgan fingerprint density at radius 1 is 1.41 bits per heavy atom. The number of fused-ring (bicyclic) bond motifs is 1. The molecule has 3 rings (SSSR count). The number of ketones is 1. The van der Waals surface area contributed by atoms with Crippen LogP contribution in [0.4, 0.5) is 0 Å². The van der Waals surface area contributed by atoms with Gasteiger partial charge in [0.15, 0.2) is 5.01 Å². The molecule has 0 unspecified atom stereocenters. The second-order valence-electron chi connectivity index (χ2n) is 5.64. The summed E-state index contributed by atoms with van der Waals surface area (Å²) in [6.45, 7) is 6.79. The highest BCUT2D eigenvalue weighted by Crippen LogP contribution is 2.33. The van der Waals surface area contributed by atoms with Gasteiger partial charge in [-0.1, -0.05) is 26.0 Å². The molecule has 0 radical (unpaired) electrons. The van der Waals surface area contributed by atoms with Gasteiger partial charge < -0.3 is 4.74 Å². The number of hydrogen-bond acceptors (Lipinski definition) is 4. The fourth-order valence-electron chi connectivity index (χ4n) is 2.57. The minimum absolute atomic E-state index is 0.0276. The first-order chi connectivity index (χ1) is 10.6. The average molecular weight is 313 g/mol. The van der Waals surface area contributed by atoms with E-state index in [1.807, 2.05) is 36.6 Å². The highest BCUT2D eigenvalue weighted by Gasteiger charge is 2.24. The maximum atomic E-state index is 12.7. The molecule has 1 aliphatic carbocycles. The van der Waals surface area contributed by atoms with Crippen molar-refractivity contribution in [2.24, 2.45) is 0 Å². The molecule has 22 heavy (non-hydrogen) atoms. The lowest BCUT2D eigenvalue weighted by atomic mass is 10.0. The number of carbonyl (C=O) groups excluding carboxylic acids is 1. The topological polar surface area (TPSA) is 39.2 Å². The summed E-state index contributed by atoms with van der Waals surface area (Å²) in [5.41, 5.74) is 3.91. The molecule has 0 bridgehead atoms. The van der Waals surface area contributed by atoms with Crippen LogP contribution in [-0.2, 0) is 6.42 Å². The molecule has 0 spiro atoms. The van der Waals surface area contributed by atoms with Gasteiger partial charge in [-0.25, -0.2) is 4.98 Å². The lowest BCUT2D eigenvalue weighted by Gasteiger charge is -2.07. The lowest BCUT2D eigenvalue weighted by Crippen LogP contribution is -2.02. The Kier molecular flexibility index (Phi) is 4.12. The summed E-state index contributed by atoms with van der Waals surface area (Å²) in [7, 11) is 0. The van der Waals surface area contributed by atoms with Gasteiger partial charge in [-0.15, -0.1) is 11.3 Å². The summed E-state index contributed by atoms with van der Waals surface area (Å²) in [6.07, 6.45) is 2.78. The van der Waals surface area contributed by atoms with E-state index in [1.165, 1.54) is 11.3 Å². The SMILES string of the molecule is CCOc1ccc2c(c1)CC=C2C(=O)c1nc(C(C)C)cs1. The maximum Gasteiger partial charge on any atom is 0.221 e. The van der Waals surface area contributed by atoms with E-state index < -0.39 is 0 Å². The summed E-state index contributed by atoms with van der Waals surface area (Å²) in [5.74, 6) is 1.23. The summed E-state index contributed by atoms with van der Waals surface area (Å²) >= 11 is 1.43. The van der Waals surface area contributed by atoms with Crippen molar-refractivity contribution in [3.8, 4) is 5.75 Å². The highest BCUT2D eigenvalue weighted by molar-refractivity contribution is 7.12. The van der Waals surface area contributed by atoms with Gasteiger partial charge >= 0.3 is 0 Å². The van der Waals surface area contributed by atoms with Gasteiger partial charge in [0, 0.05) is 11.0 Å². The Labute approximate surface area is 134 Å². The predicted molar refractivity (Wildman–Crippen MR) is 89.8 cm³/mol. The van der Waals surface area contributed by atoms with E-state index in [0.717, 1.165) is 34.6 Å². The Morgan fingerprint density at radius 2 is 2.23 bits per heavy atom. The summed E-state index contributed by atoms with van der Waals surface area (Å²) in [4.78, 5) is 17.2. The summed E-state index contributed by atoms with van der Waals surface area (Å²) in [6, 6.07) is 5.93. The third-order valence-electron chi connectivity index (χ3n) is 3.76. The number of benzene rings is 1. The first-order valence-corrected chi connectivity index (χ1v) is 8.44. The molecule has 114 valence electrons. The van der Waals surface area contributed by atoms with Crippen molar-refractivity contribution < 1.29 is 9.53 Å². The quantitative estimate of drug-likeness (QED) is 0.764. The van der Waals surface area contributed by atoms with Gasteiger partial charge in [0.25, 0.3) is 0 Å². The van der Waals surface area contributed by atoms with Crippen LogP contribution in [0.1, 0.15) is 53.3 Å². The molecule has 0 aliphatic heterocycles. The molecule has 1 aromatic heterocycles. The molecule has 0 saturated heterocycles. The zero-order chi connectivity index (χ0) is 15.7. The number of allylic oxidation sites excluding steroid dienone is 2. The zero-order valence-corrected chi connectivity index (χ0v) is 13.9. The Morgan fingerprint density at radius 3 is 2.91 bits per heavy atom. The predicted octanol–water partition coefficient (Wildman–Crippen LogP) is 4.49. The van der Waals surface area contributed by atoms with Crippen molar-refractivity contribution in [2.45, 2.75) is 33.1 Å². The number of nitrogens with zero attached hydrogens (tertiary/aromatic N) is 1. The van der Waals surface area contributed by atoms with E-state index in [2.05, 4.69) is 18.8 Å². The van der Waals surface area contributed by atoms with Crippen molar-refractivity contribution in [3.63, 3.8) is 0 Å². The smallest absolute Gasteiger partial charge is 0.221 e. The molecule has 0 N–H and O–H groups in total. The summed E-state index contributed by atoms with van der Waals surface area (Å²) in [5, 5.41) is 2.56. The van der Waals surface area contributed by atoms with Gasteiger partial charge in [0.2, 0.25) is 5.78 Å². The van der Waals surface area contributed by atoms with Crippen LogP contribution in [0.3, 0.4) is 0 Å². The Bertz CT molecular complexity index is 743. The fraction of sp³-hybridized carbons (Fsp3) is 0.333. The third-order valence-corrected chi connectivity index (χ3v) is 4.62. The van der Waals surface area contributed by atoms with Crippen LogP contribution in [0.15, 0.2) is 29.7 Å². The number of hydrogen-bond donors (Lipinski definition) is 0. The largest absolute Gasteiger partial charge is 0.494 e. The van der Waals surface area contributed by atoms with E-state index in [1.54, 1.807) is 0 Å². The van der Waals surface area contributed by atoms with Crippen LogP contribution in [-0.4, -0.2) is 17.4 Å². The van der Waals surface area contributed by atoms with Crippen molar-refractivity contribution in [1.29, 1.82) is 0 Å². The van der Waals surface area contributed by atoms with Crippen LogP contribution in [0.25, 0.3) is 5.57 Å². The van der Waals surface area contributed by atoms with E-state index in [0.29, 0.717) is 17.5 Å². The number of thiazole rings is 1. The van der Waals surface area contributed by atoms with Gasteiger partial charge in [0.05, 0.1) is 12.3 Å². The average Bonchev–Trinajstić information content (AvgIpc) is 3.14. The highest BCUT2D eigenvalue weighted by atomic mass is 32.1. The van der Waals surface area contributed by atoms with Crippen molar-refractivity contribution in [1.82, 2.24) is 4.98 Å². The van der Waals surface area contributed by atoms with Crippen molar-refractivity contribution in [3.05, 3.63) is 51.5 Å².